The molecule has 2 aliphatic heterocycles. The first-order valence-corrected chi connectivity index (χ1v) is 8.06. The summed E-state index contributed by atoms with van der Waals surface area (Å²) >= 11 is 0. The van der Waals surface area contributed by atoms with E-state index in [-0.39, 0.29) is 0 Å². The van der Waals surface area contributed by atoms with Crippen LogP contribution in [-0.4, -0.2) is 37.3 Å². The minimum Gasteiger partial charge on any atom is -0.335 e. The van der Waals surface area contributed by atoms with Crippen molar-refractivity contribution in [2.45, 2.75) is 51.7 Å². The Labute approximate surface area is 125 Å². The van der Waals surface area contributed by atoms with Crippen molar-refractivity contribution in [1.82, 2.24) is 24.2 Å². The van der Waals surface area contributed by atoms with E-state index >= 15 is 0 Å². The van der Waals surface area contributed by atoms with Gasteiger partial charge in [-0.2, -0.15) is 5.10 Å². The van der Waals surface area contributed by atoms with Crippen molar-refractivity contribution in [2.24, 2.45) is 0 Å². The molecule has 1 fully saturated rings. The van der Waals surface area contributed by atoms with Crippen molar-refractivity contribution in [3.05, 3.63) is 35.7 Å². The molecule has 5 nitrogen and oxygen atoms in total. The number of hydrogen-bond donors (Lipinski definition) is 0. The maximum atomic E-state index is 4.82. The van der Waals surface area contributed by atoms with Crippen molar-refractivity contribution in [2.75, 3.05) is 13.1 Å². The van der Waals surface area contributed by atoms with Gasteiger partial charge in [-0.3, -0.25) is 9.58 Å². The van der Waals surface area contributed by atoms with Gasteiger partial charge in [0, 0.05) is 45.0 Å². The average Bonchev–Trinajstić information content (AvgIpc) is 3.17. The molecule has 0 bridgehead atoms. The summed E-state index contributed by atoms with van der Waals surface area (Å²) in [6.45, 7) is 6.47. The first kappa shape index (κ1) is 13.1. The van der Waals surface area contributed by atoms with Crippen LogP contribution in [0, 0.1) is 6.92 Å². The summed E-state index contributed by atoms with van der Waals surface area (Å²) in [5.41, 5.74) is 2.49. The van der Waals surface area contributed by atoms with Crippen LogP contribution in [0.4, 0.5) is 0 Å². The lowest BCUT2D eigenvalue weighted by Crippen LogP contribution is -2.21. The topological polar surface area (TPSA) is 38.9 Å². The van der Waals surface area contributed by atoms with Crippen molar-refractivity contribution in [1.29, 1.82) is 0 Å². The first-order valence-electron chi connectivity index (χ1n) is 8.06. The number of imidazole rings is 1. The number of hydrogen-bond acceptors (Lipinski definition) is 3. The summed E-state index contributed by atoms with van der Waals surface area (Å²) in [5, 5.41) is 4.46. The van der Waals surface area contributed by atoms with Gasteiger partial charge in [0.05, 0.1) is 17.9 Å². The smallest absolute Gasteiger partial charge is 0.109 e. The quantitative estimate of drug-likeness (QED) is 0.867. The molecule has 21 heavy (non-hydrogen) atoms. The summed E-state index contributed by atoms with van der Waals surface area (Å²) in [5.74, 6) is 1.29. The van der Waals surface area contributed by atoms with E-state index in [9.17, 15) is 0 Å². The lowest BCUT2D eigenvalue weighted by atomic mass is 10.2. The number of fused-ring (bicyclic) bond motifs is 1. The van der Waals surface area contributed by atoms with Gasteiger partial charge in [0.25, 0.3) is 0 Å². The van der Waals surface area contributed by atoms with E-state index in [1.54, 1.807) is 0 Å². The maximum Gasteiger partial charge on any atom is 0.109 e. The number of rotatable bonds is 3. The number of aromatic nitrogens is 4. The minimum atomic E-state index is 0.524. The molecule has 0 amide bonds. The highest BCUT2D eigenvalue weighted by Gasteiger charge is 2.25. The van der Waals surface area contributed by atoms with Crippen LogP contribution in [0.5, 0.6) is 0 Å². The van der Waals surface area contributed by atoms with E-state index in [1.165, 1.54) is 36.3 Å². The fourth-order valence-corrected chi connectivity index (χ4v) is 3.58. The van der Waals surface area contributed by atoms with Crippen molar-refractivity contribution in [3.8, 4) is 0 Å². The molecule has 2 aromatic rings. The second-order valence-electron chi connectivity index (χ2n) is 6.47. The molecule has 112 valence electrons. The summed E-state index contributed by atoms with van der Waals surface area (Å²) in [7, 11) is 0. The van der Waals surface area contributed by atoms with Crippen LogP contribution in [0.3, 0.4) is 0 Å². The normalized spacial score (nSPS) is 22.6. The lowest BCUT2D eigenvalue weighted by molar-refractivity contribution is 0.308. The van der Waals surface area contributed by atoms with Crippen LogP contribution in [0.25, 0.3) is 0 Å². The van der Waals surface area contributed by atoms with Crippen LogP contribution >= 0.6 is 0 Å². The molecule has 0 saturated carbocycles. The fourth-order valence-electron chi connectivity index (χ4n) is 3.58. The van der Waals surface area contributed by atoms with Crippen LogP contribution < -0.4 is 0 Å². The highest BCUT2D eigenvalue weighted by Crippen LogP contribution is 2.23. The minimum absolute atomic E-state index is 0.524. The molecule has 1 saturated heterocycles. The molecule has 4 heterocycles. The zero-order valence-electron chi connectivity index (χ0n) is 12.7. The molecule has 0 aromatic carbocycles. The predicted octanol–water partition coefficient (Wildman–Crippen LogP) is 2.17. The molecular weight excluding hydrogens is 262 g/mol. The number of aryl methyl sites for hydroxylation is 3. The Hall–Kier alpha value is -1.62. The van der Waals surface area contributed by atoms with E-state index in [0.29, 0.717) is 6.04 Å². The molecule has 5 heteroatoms. The second kappa shape index (κ2) is 5.30. The number of nitrogens with zero attached hydrogens (tertiary/aromatic N) is 5. The molecule has 0 aliphatic carbocycles. The van der Waals surface area contributed by atoms with Crippen LogP contribution in [0.15, 0.2) is 18.6 Å². The summed E-state index contributed by atoms with van der Waals surface area (Å²) in [6.07, 6.45) is 11.3. The zero-order chi connectivity index (χ0) is 14.2. The van der Waals surface area contributed by atoms with Gasteiger partial charge in [0.15, 0.2) is 0 Å². The monoisotopic (exact) mass is 285 g/mol. The Kier molecular flexibility index (Phi) is 3.30. The first-order chi connectivity index (χ1) is 10.3. The second-order valence-corrected chi connectivity index (χ2v) is 6.47. The molecule has 2 aliphatic rings. The van der Waals surface area contributed by atoms with Gasteiger partial charge in [-0.15, -0.1) is 0 Å². The van der Waals surface area contributed by atoms with Gasteiger partial charge >= 0.3 is 0 Å². The Morgan fingerprint density at radius 1 is 1.24 bits per heavy atom. The predicted molar refractivity (Wildman–Crippen MR) is 81.1 cm³/mol. The van der Waals surface area contributed by atoms with Gasteiger partial charge in [-0.1, -0.05) is 0 Å². The average molecular weight is 285 g/mol. The lowest BCUT2D eigenvalue weighted by Gasteiger charge is -2.14. The van der Waals surface area contributed by atoms with E-state index in [0.717, 1.165) is 32.6 Å². The molecule has 4 rings (SSSR count). The van der Waals surface area contributed by atoms with Gasteiger partial charge in [0.1, 0.15) is 5.82 Å². The van der Waals surface area contributed by atoms with Crippen molar-refractivity contribution < 1.29 is 0 Å². The zero-order valence-corrected chi connectivity index (χ0v) is 12.7. The summed E-state index contributed by atoms with van der Waals surface area (Å²) in [4.78, 5) is 7.32. The Bertz CT molecular complexity index is 603. The number of likely N-dealkylation sites (tertiary alicyclic amines) is 1. The van der Waals surface area contributed by atoms with Crippen LogP contribution in [0.2, 0.25) is 0 Å². The molecule has 0 spiro atoms. The van der Waals surface area contributed by atoms with E-state index in [4.69, 9.17) is 4.98 Å². The SMILES string of the molecule is Cc1cnn(C2CCN(Cc3cn4c(n3)CCCC4)C2)c1. The third kappa shape index (κ3) is 2.62. The maximum absolute atomic E-state index is 4.82. The third-order valence-electron chi connectivity index (χ3n) is 4.70. The molecule has 2 aromatic heterocycles. The van der Waals surface area contributed by atoms with E-state index in [1.807, 2.05) is 6.20 Å². The highest BCUT2D eigenvalue weighted by molar-refractivity contribution is 5.07. The van der Waals surface area contributed by atoms with Crippen LogP contribution in [-0.2, 0) is 19.5 Å². The van der Waals surface area contributed by atoms with Crippen molar-refractivity contribution >= 4 is 0 Å². The third-order valence-corrected chi connectivity index (χ3v) is 4.70. The van der Waals surface area contributed by atoms with Gasteiger partial charge in [0.2, 0.25) is 0 Å². The standard InChI is InChI=1S/C16H23N5/c1-13-8-17-21(9-13)15-5-7-19(12-15)10-14-11-20-6-3-2-4-16(20)18-14/h8-9,11,15H,2-7,10,12H2,1H3. The highest BCUT2D eigenvalue weighted by atomic mass is 15.3. The molecule has 0 radical (unpaired) electrons. The summed E-state index contributed by atoms with van der Waals surface area (Å²) in [6, 6.07) is 0.524. The van der Waals surface area contributed by atoms with Crippen molar-refractivity contribution in [3.63, 3.8) is 0 Å². The fraction of sp³-hybridized carbons (Fsp3) is 0.625. The Morgan fingerprint density at radius 2 is 2.19 bits per heavy atom. The summed E-state index contributed by atoms with van der Waals surface area (Å²) < 4.78 is 4.48. The van der Waals surface area contributed by atoms with E-state index < -0.39 is 0 Å². The van der Waals surface area contributed by atoms with Gasteiger partial charge in [-0.05, 0) is 31.7 Å². The Balaban J connectivity index is 1.41. The largest absolute Gasteiger partial charge is 0.335 e. The Morgan fingerprint density at radius 3 is 3.00 bits per heavy atom. The molecule has 1 unspecified atom stereocenters. The molecule has 0 N–H and O–H groups in total. The molecule has 1 atom stereocenters. The van der Waals surface area contributed by atoms with E-state index in [2.05, 4.69) is 38.6 Å². The van der Waals surface area contributed by atoms with Gasteiger partial charge in [-0.25, -0.2) is 4.98 Å². The molecular formula is C16H23N5. The van der Waals surface area contributed by atoms with Gasteiger partial charge < -0.3 is 4.57 Å². The van der Waals surface area contributed by atoms with Crippen LogP contribution in [0.1, 0.15) is 42.4 Å².